The Morgan fingerprint density at radius 3 is 2.89 bits per heavy atom. The Morgan fingerprint density at radius 1 is 1.39 bits per heavy atom. The zero-order valence-corrected chi connectivity index (χ0v) is 10.5. The molecule has 1 heterocycles. The third kappa shape index (κ3) is 3.07. The first-order chi connectivity index (χ1) is 8.48. The minimum absolute atomic E-state index is 0.160. The molecular weight excluding hydrogens is 233 g/mol. The molecule has 1 N–H and O–H groups in total. The van der Waals surface area contributed by atoms with Crippen LogP contribution in [0.25, 0.3) is 0 Å². The minimum Gasteiger partial charge on any atom is -0.390 e. The van der Waals surface area contributed by atoms with E-state index in [1.807, 2.05) is 0 Å². The molecule has 1 aliphatic heterocycles. The molecule has 0 aliphatic carbocycles. The van der Waals surface area contributed by atoms with Gasteiger partial charge in [0.25, 0.3) is 5.91 Å². The van der Waals surface area contributed by atoms with Crippen molar-refractivity contribution in [3.8, 4) is 0 Å². The monoisotopic (exact) mass is 251 g/mol. The van der Waals surface area contributed by atoms with Crippen LogP contribution in [0.1, 0.15) is 36.5 Å². The van der Waals surface area contributed by atoms with Crippen molar-refractivity contribution < 1.29 is 14.3 Å². The molecule has 1 saturated heterocycles. The SMILES string of the molecule is CC1(O)CCCN(C(=O)c2cccc(F)c2)CC1. The molecule has 98 valence electrons. The molecule has 1 amide bonds. The number of aliphatic hydroxyl groups is 1. The second kappa shape index (κ2) is 5.06. The molecule has 4 heteroatoms. The maximum Gasteiger partial charge on any atom is 0.253 e. The Bertz CT molecular complexity index is 445. The van der Waals surface area contributed by atoms with E-state index >= 15 is 0 Å². The topological polar surface area (TPSA) is 40.5 Å². The van der Waals surface area contributed by atoms with Gasteiger partial charge in [0, 0.05) is 18.7 Å². The Labute approximate surface area is 106 Å². The molecule has 2 rings (SSSR count). The van der Waals surface area contributed by atoms with Gasteiger partial charge in [0.15, 0.2) is 0 Å². The fourth-order valence-electron chi connectivity index (χ4n) is 2.27. The summed E-state index contributed by atoms with van der Waals surface area (Å²) in [4.78, 5) is 13.9. The van der Waals surface area contributed by atoms with Crippen LogP contribution >= 0.6 is 0 Å². The van der Waals surface area contributed by atoms with Crippen LogP contribution in [-0.2, 0) is 0 Å². The second-order valence-electron chi connectivity index (χ2n) is 5.15. The predicted molar refractivity (Wildman–Crippen MR) is 66.8 cm³/mol. The number of hydrogen-bond donors (Lipinski definition) is 1. The van der Waals surface area contributed by atoms with Crippen LogP contribution in [-0.4, -0.2) is 34.6 Å². The molecule has 0 radical (unpaired) electrons. The third-order valence-corrected chi connectivity index (χ3v) is 3.42. The maximum absolute atomic E-state index is 13.1. The molecule has 0 spiro atoms. The van der Waals surface area contributed by atoms with Gasteiger partial charge in [-0.3, -0.25) is 4.79 Å². The van der Waals surface area contributed by atoms with Gasteiger partial charge in [-0.05, 0) is 44.4 Å². The molecule has 1 unspecified atom stereocenters. The number of rotatable bonds is 1. The summed E-state index contributed by atoms with van der Waals surface area (Å²) in [5.74, 6) is -0.560. The van der Waals surface area contributed by atoms with Gasteiger partial charge in [-0.15, -0.1) is 0 Å². The average molecular weight is 251 g/mol. The van der Waals surface area contributed by atoms with Gasteiger partial charge in [0.1, 0.15) is 5.82 Å². The highest BCUT2D eigenvalue weighted by Gasteiger charge is 2.27. The summed E-state index contributed by atoms with van der Waals surface area (Å²) >= 11 is 0. The minimum atomic E-state index is -0.697. The Hall–Kier alpha value is -1.42. The van der Waals surface area contributed by atoms with Crippen molar-refractivity contribution in [2.24, 2.45) is 0 Å². The predicted octanol–water partition coefficient (Wildman–Crippen LogP) is 2.20. The number of halogens is 1. The van der Waals surface area contributed by atoms with E-state index in [0.29, 0.717) is 31.5 Å². The van der Waals surface area contributed by atoms with Crippen molar-refractivity contribution in [2.75, 3.05) is 13.1 Å². The largest absolute Gasteiger partial charge is 0.390 e. The quantitative estimate of drug-likeness (QED) is 0.831. The number of likely N-dealkylation sites (tertiary alicyclic amines) is 1. The van der Waals surface area contributed by atoms with E-state index in [9.17, 15) is 14.3 Å². The smallest absolute Gasteiger partial charge is 0.253 e. The number of nitrogens with zero attached hydrogens (tertiary/aromatic N) is 1. The second-order valence-corrected chi connectivity index (χ2v) is 5.15. The summed E-state index contributed by atoms with van der Waals surface area (Å²) in [7, 11) is 0. The number of amides is 1. The van der Waals surface area contributed by atoms with Crippen LogP contribution < -0.4 is 0 Å². The first kappa shape index (κ1) is 13.0. The first-order valence-corrected chi connectivity index (χ1v) is 6.25. The van der Waals surface area contributed by atoms with E-state index in [2.05, 4.69) is 0 Å². The average Bonchev–Trinajstić information content (AvgIpc) is 2.49. The van der Waals surface area contributed by atoms with E-state index in [4.69, 9.17) is 0 Å². The van der Waals surface area contributed by atoms with Gasteiger partial charge in [-0.1, -0.05) is 6.07 Å². The molecule has 0 aromatic heterocycles. The summed E-state index contributed by atoms with van der Waals surface area (Å²) in [6.45, 7) is 2.93. The molecule has 1 fully saturated rings. The van der Waals surface area contributed by atoms with Crippen molar-refractivity contribution >= 4 is 5.91 Å². The fraction of sp³-hybridized carbons (Fsp3) is 0.500. The van der Waals surface area contributed by atoms with Crippen LogP contribution in [0.3, 0.4) is 0 Å². The normalized spacial score (nSPS) is 24.7. The van der Waals surface area contributed by atoms with E-state index in [0.717, 1.165) is 6.42 Å². The molecule has 18 heavy (non-hydrogen) atoms. The lowest BCUT2D eigenvalue weighted by atomic mass is 9.98. The van der Waals surface area contributed by atoms with Crippen molar-refractivity contribution in [1.82, 2.24) is 4.90 Å². The van der Waals surface area contributed by atoms with Crippen LogP contribution in [0.15, 0.2) is 24.3 Å². The highest BCUT2D eigenvalue weighted by Crippen LogP contribution is 2.22. The molecular formula is C14H18FNO2. The summed E-state index contributed by atoms with van der Waals surface area (Å²) in [6.07, 6.45) is 2.03. The van der Waals surface area contributed by atoms with Crippen molar-refractivity contribution in [3.63, 3.8) is 0 Å². The van der Waals surface area contributed by atoms with Gasteiger partial charge in [-0.25, -0.2) is 4.39 Å². The van der Waals surface area contributed by atoms with Gasteiger partial charge >= 0.3 is 0 Å². The van der Waals surface area contributed by atoms with Crippen molar-refractivity contribution in [2.45, 2.75) is 31.8 Å². The van der Waals surface area contributed by atoms with Gasteiger partial charge in [0.05, 0.1) is 5.60 Å². The zero-order valence-electron chi connectivity index (χ0n) is 10.5. The van der Waals surface area contributed by atoms with Crippen LogP contribution in [0.2, 0.25) is 0 Å². The van der Waals surface area contributed by atoms with Gasteiger partial charge in [0.2, 0.25) is 0 Å². The molecule has 1 aliphatic rings. The van der Waals surface area contributed by atoms with Crippen LogP contribution in [0.5, 0.6) is 0 Å². The molecule has 0 saturated carbocycles. The highest BCUT2D eigenvalue weighted by molar-refractivity contribution is 5.94. The summed E-state index contributed by atoms with van der Waals surface area (Å²) in [5, 5.41) is 9.97. The third-order valence-electron chi connectivity index (χ3n) is 3.42. The lowest BCUT2D eigenvalue weighted by molar-refractivity contribution is 0.0438. The Balaban J connectivity index is 2.10. The van der Waals surface area contributed by atoms with Crippen molar-refractivity contribution in [1.29, 1.82) is 0 Å². The highest BCUT2D eigenvalue weighted by atomic mass is 19.1. The summed E-state index contributed by atoms with van der Waals surface area (Å²) in [6, 6.07) is 5.74. The lowest BCUT2D eigenvalue weighted by Gasteiger charge is -2.22. The van der Waals surface area contributed by atoms with E-state index in [-0.39, 0.29) is 5.91 Å². The zero-order chi connectivity index (χ0) is 13.2. The maximum atomic E-state index is 13.1. The Morgan fingerprint density at radius 2 is 2.17 bits per heavy atom. The molecule has 1 aromatic rings. The number of hydrogen-bond acceptors (Lipinski definition) is 2. The molecule has 1 atom stereocenters. The fourth-order valence-corrected chi connectivity index (χ4v) is 2.27. The standard InChI is InChI=1S/C14H18FNO2/c1-14(18)6-3-8-16(9-7-14)13(17)11-4-2-5-12(15)10-11/h2,4-5,10,18H,3,6-9H2,1H3. The molecule has 3 nitrogen and oxygen atoms in total. The first-order valence-electron chi connectivity index (χ1n) is 6.25. The number of carbonyl (C=O) groups excluding carboxylic acids is 1. The molecule has 1 aromatic carbocycles. The molecule has 0 bridgehead atoms. The Kier molecular flexibility index (Phi) is 3.66. The van der Waals surface area contributed by atoms with Gasteiger partial charge < -0.3 is 10.0 Å². The number of benzene rings is 1. The van der Waals surface area contributed by atoms with E-state index < -0.39 is 11.4 Å². The number of carbonyl (C=O) groups is 1. The van der Waals surface area contributed by atoms with Gasteiger partial charge in [-0.2, -0.15) is 0 Å². The lowest BCUT2D eigenvalue weighted by Crippen LogP contribution is -2.33. The summed E-state index contributed by atoms with van der Waals surface area (Å²) < 4.78 is 13.1. The van der Waals surface area contributed by atoms with E-state index in [1.165, 1.54) is 18.2 Å². The van der Waals surface area contributed by atoms with Crippen LogP contribution in [0.4, 0.5) is 4.39 Å². The van der Waals surface area contributed by atoms with Crippen molar-refractivity contribution in [3.05, 3.63) is 35.6 Å². The van der Waals surface area contributed by atoms with Crippen LogP contribution in [0, 0.1) is 5.82 Å². The summed E-state index contributed by atoms with van der Waals surface area (Å²) in [5.41, 5.74) is -0.326. The van der Waals surface area contributed by atoms with E-state index in [1.54, 1.807) is 17.9 Å².